The fourth-order valence-electron chi connectivity index (χ4n) is 1.57. The highest BCUT2D eigenvalue weighted by atomic mass is 35.5. The van der Waals surface area contributed by atoms with Crippen LogP contribution in [0.15, 0.2) is 40.8 Å². The average molecular weight is 286 g/mol. The topological polar surface area (TPSA) is 56.3 Å². The van der Waals surface area contributed by atoms with Crippen LogP contribution in [0.25, 0.3) is 0 Å². The maximum absolute atomic E-state index is 10.5. The summed E-state index contributed by atoms with van der Waals surface area (Å²) in [6, 6.07) is 10.1. The average Bonchev–Trinajstić information content (AvgIpc) is 2.81. The van der Waals surface area contributed by atoms with Crippen LogP contribution in [0.1, 0.15) is 16.7 Å². The van der Waals surface area contributed by atoms with E-state index in [1.54, 1.807) is 6.07 Å². The van der Waals surface area contributed by atoms with Crippen LogP contribution in [0.2, 0.25) is 5.02 Å². The third-order valence-corrected chi connectivity index (χ3v) is 3.20. The minimum Gasteiger partial charge on any atom is -0.404 e. The lowest BCUT2D eigenvalue weighted by Gasteiger charge is -2.07. The molecule has 0 spiro atoms. The Labute approximate surface area is 113 Å². The molecule has 0 N–H and O–H groups in total. The lowest BCUT2D eigenvalue weighted by atomic mass is 10.1. The molecular formula is C12H9Cl2NO3. The van der Waals surface area contributed by atoms with Gasteiger partial charge in [0.05, 0.1) is 11.4 Å². The van der Waals surface area contributed by atoms with Crippen molar-refractivity contribution in [2.45, 2.75) is 11.8 Å². The Bertz CT molecular complexity index is 568. The summed E-state index contributed by atoms with van der Waals surface area (Å²) >= 11 is 12.2. The van der Waals surface area contributed by atoms with E-state index in [-0.39, 0.29) is 5.88 Å². The molecule has 0 aliphatic heterocycles. The van der Waals surface area contributed by atoms with Crippen molar-refractivity contribution in [1.82, 2.24) is 0 Å². The summed E-state index contributed by atoms with van der Waals surface area (Å²) in [4.78, 5) is 9.90. The van der Waals surface area contributed by atoms with Gasteiger partial charge in [-0.15, -0.1) is 11.6 Å². The molecule has 0 bridgehead atoms. The van der Waals surface area contributed by atoms with Gasteiger partial charge in [-0.25, -0.2) is 0 Å². The van der Waals surface area contributed by atoms with Gasteiger partial charge in [0.15, 0.2) is 0 Å². The number of hydrogen-bond donors (Lipinski definition) is 0. The molecule has 2 aromatic rings. The van der Waals surface area contributed by atoms with E-state index in [1.165, 1.54) is 12.1 Å². The van der Waals surface area contributed by atoms with Gasteiger partial charge >= 0.3 is 5.88 Å². The Hall–Kier alpha value is -1.52. The number of furan rings is 1. The molecule has 0 aliphatic carbocycles. The number of nitrogens with zero attached hydrogens (tertiary/aromatic N) is 1. The molecule has 1 aromatic carbocycles. The van der Waals surface area contributed by atoms with Gasteiger partial charge in [0.2, 0.25) is 0 Å². The number of benzene rings is 1. The maximum atomic E-state index is 10.5. The Morgan fingerprint density at radius 3 is 2.61 bits per heavy atom. The van der Waals surface area contributed by atoms with Crippen molar-refractivity contribution in [2.75, 3.05) is 0 Å². The first-order chi connectivity index (χ1) is 8.58. The zero-order chi connectivity index (χ0) is 13.1. The molecule has 4 nitrogen and oxygen atoms in total. The highest BCUT2D eigenvalue weighted by molar-refractivity contribution is 6.31. The van der Waals surface area contributed by atoms with Crippen molar-refractivity contribution in [3.8, 4) is 0 Å². The van der Waals surface area contributed by atoms with Gasteiger partial charge in [0.25, 0.3) is 0 Å². The minimum atomic E-state index is -0.595. The molecule has 0 saturated carbocycles. The Kier molecular flexibility index (Phi) is 3.89. The zero-order valence-electron chi connectivity index (χ0n) is 9.18. The van der Waals surface area contributed by atoms with Crippen molar-refractivity contribution in [1.29, 1.82) is 0 Å². The second kappa shape index (κ2) is 5.42. The van der Waals surface area contributed by atoms with E-state index in [0.29, 0.717) is 17.2 Å². The van der Waals surface area contributed by atoms with E-state index in [9.17, 15) is 10.1 Å². The maximum Gasteiger partial charge on any atom is 0.433 e. The van der Waals surface area contributed by atoms with Crippen LogP contribution in [-0.4, -0.2) is 4.92 Å². The highest BCUT2D eigenvalue weighted by Gasteiger charge is 2.19. The summed E-state index contributed by atoms with van der Waals surface area (Å²) in [6.07, 6.45) is 0.450. The predicted molar refractivity (Wildman–Crippen MR) is 69.1 cm³/mol. The molecule has 1 aromatic heterocycles. The van der Waals surface area contributed by atoms with Crippen LogP contribution in [0.5, 0.6) is 0 Å². The zero-order valence-corrected chi connectivity index (χ0v) is 10.7. The summed E-state index contributed by atoms with van der Waals surface area (Å²) < 4.78 is 5.04. The van der Waals surface area contributed by atoms with Gasteiger partial charge in [-0.2, -0.15) is 0 Å². The van der Waals surface area contributed by atoms with Crippen molar-refractivity contribution < 1.29 is 9.34 Å². The molecule has 1 heterocycles. The van der Waals surface area contributed by atoms with E-state index < -0.39 is 10.3 Å². The van der Waals surface area contributed by atoms with Crippen LogP contribution in [-0.2, 0) is 6.42 Å². The third kappa shape index (κ3) is 2.83. The third-order valence-electron chi connectivity index (χ3n) is 2.46. The second-order valence-corrected chi connectivity index (χ2v) is 4.63. The molecule has 0 amide bonds. The van der Waals surface area contributed by atoms with Crippen LogP contribution in [0, 0.1) is 10.1 Å². The molecule has 0 saturated heterocycles. The molecule has 0 radical (unpaired) electrons. The lowest BCUT2D eigenvalue weighted by molar-refractivity contribution is -0.402. The molecular weight excluding hydrogens is 277 g/mol. The van der Waals surface area contributed by atoms with Crippen molar-refractivity contribution in [3.63, 3.8) is 0 Å². The van der Waals surface area contributed by atoms with Gasteiger partial charge < -0.3 is 4.42 Å². The Morgan fingerprint density at radius 2 is 2.00 bits per heavy atom. The van der Waals surface area contributed by atoms with Crippen LogP contribution in [0.4, 0.5) is 5.88 Å². The lowest BCUT2D eigenvalue weighted by Crippen LogP contribution is -1.95. The van der Waals surface area contributed by atoms with Gasteiger partial charge in [-0.3, -0.25) is 10.1 Å². The summed E-state index contributed by atoms with van der Waals surface area (Å²) in [7, 11) is 0. The number of nitro groups is 1. The normalized spacial score (nSPS) is 12.3. The van der Waals surface area contributed by atoms with Gasteiger partial charge in [-0.1, -0.05) is 29.8 Å². The molecule has 94 valence electrons. The SMILES string of the molecule is O=[N+]([O-])c1ccc(C(Cl)Cc2ccccc2Cl)o1. The summed E-state index contributed by atoms with van der Waals surface area (Å²) in [6.45, 7) is 0. The van der Waals surface area contributed by atoms with E-state index >= 15 is 0 Å². The quantitative estimate of drug-likeness (QED) is 0.476. The largest absolute Gasteiger partial charge is 0.433 e. The number of alkyl halides is 1. The van der Waals surface area contributed by atoms with Gasteiger partial charge in [0, 0.05) is 5.02 Å². The van der Waals surface area contributed by atoms with E-state index in [1.807, 2.05) is 18.2 Å². The Morgan fingerprint density at radius 1 is 1.28 bits per heavy atom. The summed E-state index contributed by atoms with van der Waals surface area (Å²) in [5.41, 5.74) is 0.873. The fourth-order valence-corrected chi connectivity index (χ4v) is 2.06. The van der Waals surface area contributed by atoms with Crippen LogP contribution >= 0.6 is 23.2 Å². The summed E-state index contributed by atoms with van der Waals surface area (Å²) in [5.74, 6) is 0.0538. The molecule has 2 rings (SSSR count). The van der Waals surface area contributed by atoms with Crippen LogP contribution < -0.4 is 0 Å². The molecule has 1 atom stereocenters. The van der Waals surface area contributed by atoms with E-state index in [0.717, 1.165) is 5.56 Å². The monoisotopic (exact) mass is 285 g/mol. The van der Waals surface area contributed by atoms with Crippen molar-refractivity contribution in [2.24, 2.45) is 0 Å². The molecule has 0 aliphatic rings. The van der Waals surface area contributed by atoms with E-state index in [4.69, 9.17) is 27.6 Å². The molecule has 6 heteroatoms. The van der Waals surface area contributed by atoms with Crippen molar-refractivity contribution in [3.05, 3.63) is 62.9 Å². The van der Waals surface area contributed by atoms with Crippen molar-refractivity contribution >= 4 is 29.1 Å². The molecule has 18 heavy (non-hydrogen) atoms. The molecule has 0 fully saturated rings. The van der Waals surface area contributed by atoms with Gasteiger partial charge in [0.1, 0.15) is 10.7 Å². The minimum absolute atomic E-state index is 0.310. The second-order valence-electron chi connectivity index (χ2n) is 3.70. The predicted octanol–water partition coefficient (Wildman–Crippen LogP) is 4.36. The number of hydrogen-bond acceptors (Lipinski definition) is 3. The summed E-state index contributed by atoms with van der Waals surface area (Å²) in [5, 5.41) is 10.6. The number of halogens is 2. The standard InChI is InChI=1S/C12H9Cl2NO3/c13-9-4-2-1-3-8(9)7-10(14)11-5-6-12(18-11)15(16)17/h1-6,10H,7H2. The molecule has 1 unspecified atom stereocenters. The Balaban J connectivity index is 2.14. The van der Waals surface area contributed by atoms with Gasteiger partial charge in [-0.05, 0) is 24.1 Å². The van der Waals surface area contributed by atoms with Crippen LogP contribution in [0.3, 0.4) is 0 Å². The first-order valence-corrected chi connectivity index (χ1v) is 6.01. The first kappa shape index (κ1) is 12.9. The smallest absolute Gasteiger partial charge is 0.404 e. The highest BCUT2D eigenvalue weighted by Crippen LogP contribution is 2.31. The fraction of sp³-hybridized carbons (Fsp3) is 0.167. The first-order valence-electron chi connectivity index (χ1n) is 5.19. The van der Waals surface area contributed by atoms with E-state index in [2.05, 4.69) is 0 Å². The number of rotatable bonds is 4.